The molecule has 0 spiro atoms. The molecule has 21 heavy (non-hydrogen) atoms. The van der Waals surface area contributed by atoms with E-state index in [2.05, 4.69) is 5.32 Å². The SMILES string of the molecule is CC.CC(C)(C)NC=O.Cc1cc(C)cc(C(F)(F)F)c1. The van der Waals surface area contributed by atoms with Gasteiger partial charge in [-0.2, -0.15) is 13.2 Å². The number of benzene rings is 1. The lowest BCUT2D eigenvalue weighted by Gasteiger charge is -2.15. The van der Waals surface area contributed by atoms with Crippen molar-refractivity contribution in [2.45, 2.75) is 60.2 Å². The van der Waals surface area contributed by atoms with Gasteiger partial charge in [0.15, 0.2) is 0 Å². The molecule has 0 aliphatic carbocycles. The topological polar surface area (TPSA) is 29.1 Å². The second kappa shape index (κ2) is 9.42. The maximum Gasteiger partial charge on any atom is 0.416 e. The van der Waals surface area contributed by atoms with Crippen molar-refractivity contribution in [1.82, 2.24) is 5.32 Å². The maximum absolute atomic E-state index is 12.1. The van der Waals surface area contributed by atoms with Crippen LogP contribution in [0.15, 0.2) is 18.2 Å². The van der Waals surface area contributed by atoms with Gasteiger partial charge in [-0.25, -0.2) is 0 Å². The van der Waals surface area contributed by atoms with E-state index in [0.29, 0.717) is 17.5 Å². The molecule has 2 nitrogen and oxygen atoms in total. The van der Waals surface area contributed by atoms with Crippen LogP contribution in [0.5, 0.6) is 0 Å². The van der Waals surface area contributed by atoms with Crippen LogP contribution in [0.2, 0.25) is 0 Å². The Labute approximate surface area is 125 Å². The number of alkyl halides is 3. The van der Waals surface area contributed by atoms with Crippen molar-refractivity contribution in [2.24, 2.45) is 0 Å². The lowest BCUT2D eigenvalue weighted by molar-refractivity contribution is -0.137. The smallest absolute Gasteiger partial charge is 0.354 e. The number of halogens is 3. The minimum absolute atomic E-state index is 0.0677. The highest BCUT2D eigenvalue weighted by Gasteiger charge is 2.30. The highest BCUT2D eigenvalue weighted by atomic mass is 19.4. The summed E-state index contributed by atoms with van der Waals surface area (Å²) in [6, 6.07) is 4.01. The molecule has 0 saturated carbocycles. The third kappa shape index (κ3) is 12.0. The van der Waals surface area contributed by atoms with Gasteiger partial charge in [-0.05, 0) is 46.8 Å². The summed E-state index contributed by atoms with van der Waals surface area (Å²) < 4.78 is 36.4. The van der Waals surface area contributed by atoms with Gasteiger partial charge in [0, 0.05) is 5.54 Å². The van der Waals surface area contributed by atoms with Crippen LogP contribution in [0.4, 0.5) is 13.2 Å². The second-order valence-electron chi connectivity index (χ2n) is 5.39. The summed E-state index contributed by atoms with van der Waals surface area (Å²) in [7, 11) is 0. The number of carbonyl (C=O) groups is 1. The van der Waals surface area contributed by atoms with Gasteiger partial charge in [0.1, 0.15) is 0 Å². The Morgan fingerprint density at radius 1 is 0.952 bits per heavy atom. The first-order valence-electron chi connectivity index (χ1n) is 6.82. The number of carbonyl (C=O) groups excluding carboxylic acids is 1. The summed E-state index contributed by atoms with van der Waals surface area (Å²) in [5.41, 5.74) is 0.645. The minimum atomic E-state index is -4.23. The highest BCUT2D eigenvalue weighted by molar-refractivity contribution is 5.47. The van der Waals surface area contributed by atoms with Crippen molar-refractivity contribution in [3.8, 4) is 0 Å². The number of nitrogens with one attached hydrogen (secondary N) is 1. The minimum Gasteiger partial charge on any atom is -0.354 e. The molecule has 0 aliphatic rings. The van der Waals surface area contributed by atoms with Crippen LogP contribution in [-0.2, 0) is 11.0 Å². The van der Waals surface area contributed by atoms with Gasteiger partial charge in [-0.1, -0.05) is 31.0 Å². The molecular formula is C16H26F3NO. The largest absolute Gasteiger partial charge is 0.416 e. The molecule has 0 aliphatic heterocycles. The van der Waals surface area contributed by atoms with E-state index in [0.717, 1.165) is 12.1 Å². The Balaban J connectivity index is 0. The van der Waals surface area contributed by atoms with Crippen molar-refractivity contribution in [2.75, 3.05) is 0 Å². The van der Waals surface area contributed by atoms with Crippen LogP contribution in [0, 0.1) is 13.8 Å². The molecule has 1 amide bonds. The average Bonchev–Trinajstić information content (AvgIpc) is 2.28. The molecule has 1 aromatic rings. The van der Waals surface area contributed by atoms with Crippen molar-refractivity contribution >= 4 is 6.41 Å². The van der Waals surface area contributed by atoms with E-state index in [1.165, 1.54) is 0 Å². The molecule has 0 radical (unpaired) electrons. The van der Waals surface area contributed by atoms with Crippen molar-refractivity contribution < 1.29 is 18.0 Å². The van der Waals surface area contributed by atoms with Crippen LogP contribution < -0.4 is 5.32 Å². The predicted octanol–water partition coefficient (Wildman–Crippen LogP) is 4.88. The molecule has 1 N–H and O–H groups in total. The summed E-state index contributed by atoms with van der Waals surface area (Å²) in [5.74, 6) is 0. The summed E-state index contributed by atoms with van der Waals surface area (Å²) in [6.07, 6.45) is -3.52. The van der Waals surface area contributed by atoms with E-state index < -0.39 is 11.7 Å². The van der Waals surface area contributed by atoms with E-state index in [-0.39, 0.29) is 5.54 Å². The fourth-order valence-corrected chi connectivity index (χ4v) is 1.32. The molecule has 0 fully saturated rings. The highest BCUT2D eigenvalue weighted by Crippen LogP contribution is 2.30. The Hall–Kier alpha value is -1.52. The summed E-state index contributed by atoms with van der Waals surface area (Å²) in [4.78, 5) is 9.71. The predicted molar refractivity (Wildman–Crippen MR) is 81.2 cm³/mol. The summed E-state index contributed by atoms with van der Waals surface area (Å²) in [5, 5.41) is 2.60. The van der Waals surface area contributed by atoms with Gasteiger partial charge >= 0.3 is 6.18 Å². The number of amides is 1. The lowest BCUT2D eigenvalue weighted by atomic mass is 10.1. The summed E-state index contributed by atoms with van der Waals surface area (Å²) in [6.45, 7) is 13.1. The van der Waals surface area contributed by atoms with E-state index in [1.54, 1.807) is 19.9 Å². The van der Waals surface area contributed by atoms with Gasteiger partial charge in [-0.3, -0.25) is 4.79 Å². The quantitative estimate of drug-likeness (QED) is 0.736. The molecule has 1 aromatic carbocycles. The normalized spacial score (nSPS) is 10.6. The third-order valence-electron chi connectivity index (χ3n) is 2.04. The third-order valence-corrected chi connectivity index (χ3v) is 2.04. The molecule has 0 bridgehead atoms. The van der Waals surface area contributed by atoms with Crippen LogP contribution in [0.3, 0.4) is 0 Å². The Morgan fingerprint density at radius 2 is 1.33 bits per heavy atom. The molecule has 0 heterocycles. The Kier molecular flexibility index (Phi) is 9.77. The van der Waals surface area contributed by atoms with Crippen molar-refractivity contribution in [1.29, 1.82) is 0 Å². The maximum atomic E-state index is 12.1. The van der Waals surface area contributed by atoms with Crippen molar-refractivity contribution in [3.63, 3.8) is 0 Å². The molecule has 122 valence electrons. The zero-order valence-electron chi connectivity index (χ0n) is 13.9. The second-order valence-corrected chi connectivity index (χ2v) is 5.39. The van der Waals surface area contributed by atoms with Crippen LogP contribution in [0.1, 0.15) is 51.3 Å². The first-order valence-corrected chi connectivity index (χ1v) is 6.82. The molecule has 0 saturated heterocycles. The van der Waals surface area contributed by atoms with Crippen molar-refractivity contribution in [3.05, 3.63) is 34.9 Å². The van der Waals surface area contributed by atoms with Gasteiger partial charge in [0.05, 0.1) is 5.56 Å². The lowest BCUT2D eigenvalue weighted by Crippen LogP contribution is -2.34. The molecule has 1 rings (SSSR count). The zero-order valence-corrected chi connectivity index (χ0v) is 13.9. The van der Waals surface area contributed by atoms with Gasteiger partial charge < -0.3 is 5.32 Å². The van der Waals surface area contributed by atoms with Crippen LogP contribution in [-0.4, -0.2) is 11.9 Å². The fourth-order valence-electron chi connectivity index (χ4n) is 1.32. The monoisotopic (exact) mass is 305 g/mol. The first-order chi connectivity index (χ1) is 9.45. The molecule has 0 atom stereocenters. The Bertz CT molecular complexity index is 400. The Morgan fingerprint density at radius 3 is 1.52 bits per heavy atom. The van der Waals surface area contributed by atoms with E-state index >= 15 is 0 Å². The molecular weight excluding hydrogens is 279 g/mol. The standard InChI is InChI=1S/C9H9F3.C5H11NO.C2H6/c1-6-3-7(2)5-8(4-6)9(10,11)12;1-5(2,3)6-4-7;1-2/h3-5H,1-2H3;4H,1-3H3,(H,6,7);1-2H3. The fraction of sp³-hybridized carbons (Fsp3) is 0.562. The van der Waals surface area contributed by atoms with Crippen LogP contribution >= 0.6 is 0 Å². The van der Waals surface area contributed by atoms with E-state index in [9.17, 15) is 18.0 Å². The zero-order chi connectivity index (χ0) is 17.3. The number of hydrogen-bond donors (Lipinski definition) is 1. The molecule has 5 heteroatoms. The van der Waals surface area contributed by atoms with E-state index in [4.69, 9.17) is 0 Å². The average molecular weight is 305 g/mol. The molecule has 0 aromatic heterocycles. The molecule has 0 unspecified atom stereocenters. The first kappa shape index (κ1) is 21.8. The van der Waals surface area contributed by atoms with Gasteiger partial charge in [0.2, 0.25) is 6.41 Å². The van der Waals surface area contributed by atoms with Gasteiger partial charge in [0.25, 0.3) is 0 Å². The number of hydrogen-bond acceptors (Lipinski definition) is 1. The van der Waals surface area contributed by atoms with Gasteiger partial charge in [-0.15, -0.1) is 0 Å². The van der Waals surface area contributed by atoms with E-state index in [1.807, 2.05) is 34.6 Å². The summed E-state index contributed by atoms with van der Waals surface area (Å²) >= 11 is 0. The number of rotatable bonds is 1. The number of aryl methyl sites for hydroxylation is 2. The van der Waals surface area contributed by atoms with Crippen LogP contribution in [0.25, 0.3) is 0 Å².